The molecule has 11 rings (SSSR count). The number of aryl methyl sites for hydroxylation is 4. The highest BCUT2D eigenvalue weighted by molar-refractivity contribution is 5.91. The second-order valence-electron chi connectivity index (χ2n) is 17.6. The highest BCUT2D eigenvalue weighted by Crippen LogP contribution is 2.36. The molecule has 0 saturated carbocycles. The zero-order valence-electron chi connectivity index (χ0n) is 37.8. The molecule has 0 aliphatic rings. The van der Waals surface area contributed by atoms with Crippen LogP contribution in [0.4, 0.5) is 0 Å². The van der Waals surface area contributed by atoms with Gasteiger partial charge < -0.3 is 0 Å². The van der Waals surface area contributed by atoms with Crippen LogP contribution in [0, 0.1) is 0 Å². The lowest BCUT2D eigenvalue weighted by Crippen LogP contribution is -1.98. The fourth-order valence-electron chi connectivity index (χ4n) is 9.35. The van der Waals surface area contributed by atoms with E-state index in [-0.39, 0.29) is 0 Å². The van der Waals surface area contributed by atoms with Gasteiger partial charge in [-0.05, 0) is 152 Å². The molecule has 0 radical (unpaired) electrons. The quantitative estimate of drug-likeness (QED) is 0.116. The lowest BCUT2D eigenvalue weighted by molar-refractivity contribution is 0.931. The molecule has 0 aliphatic heterocycles. The molecule has 8 aromatic carbocycles. The monoisotopic (exact) mass is 871 g/mol. The largest absolute Gasteiger partial charge is 0.256 e. The number of fused-ring (bicyclic) bond motifs is 1. The number of rotatable bonds is 13. The molecule has 0 bridgehead atoms. The molecule has 3 aromatic heterocycles. The number of pyridine rings is 3. The van der Waals surface area contributed by atoms with Crippen LogP contribution in [0.25, 0.3) is 89.1 Å². The summed E-state index contributed by atoms with van der Waals surface area (Å²) in [5.41, 5.74) is 21.3. The molecule has 0 unspecified atom stereocenters. The van der Waals surface area contributed by atoms with Crippen molar-refractivity contribution >= 4 is 10.8 Å². The van der Waals surface area contributed by atoms with Gasteiger partial charge in [-0.25, -0.2) is 0 Å². The van der Waals surface area contributed by atoms with Crippen molar-refractivity contribution in [3.63, 3.8) is 0 Å². The maximum Gasteiger partial charge on any atom is 0.0708 e. The van der Waals surface area contributed by atoms with Crippen molar-refractivity contribution in [1.82, 2.24) is 15.0 Å². The van der Waals surface area contributed by atoms with E-state index in [1.807, 2.05) is 42.9 Å². The second-order valence-corrected chi connectivity index (χ2v) is 17.6. The summed E-state index contributed by atoms with van der Waals surface area (Å²) >= 11 is 0. The molecule has 0 aliphatic carbocycles. The lowest BCUT2D eigenvalue weighted by atomic mass is 9.90. The number of aromatic nitrogens is 3. The Morgan fingerprint density at radius 3 is 1.21 bits per heavy atom. The zero-order chi connectivity index (χ0) is 45.5. The summed E-state index contributed by atoms with van der Waals surface area (Å²) in [5.74, 6) is 0. The molecule has 0 atom stereocenters. The Morgan fingerprint density at radius 2 is 0.647 bits per heavy atom. The van der Waals surface area contributed by atoms with Gasteiger partial charge in [-0.1, -0.05) is 182 Å². The summed E-state index contributed by atoms with van der Waals surface area (Å²) in [5, 5.41) is 2.45. The average Bonchev–Trinajstić information content (AvgIpc) is 3.42. The maximum absolute atomic E-state index is 4.84. The smallest absolute Gasteiger partial charge is 0.0708 e. The first kappa shape index (κ1) is 42.1. The predicted octanol–water partition coefficient (Wildman–Crippen LogP) is 16.3. The lowest BCUT2D eigenvalue weighted by Gasteiger charge is -2.15. The second kappa shape index (κ2) is 19.5. The fraction of sp³-hybridized carbons (Fsp3) is 0.0615. The van der Waals surface area contributed by atoms with Gasteiger partial charge in [0.05, 0.1) is 17.1 Å². The van der Waals surface area contributed by atoms with Crippen LogP contribution < -0.4 is 0 Å². The Morgan fingerprint density at radius 1 is 0.221 bits per heavy atom. The minimum atomic E-state index is 0.944. The summed E-state index contributed by atoms with van der Waals surface area (Å²) in [7, 11) is 0. The molecule has 3 heterocycles. The Labute approximate surface area is 399 Å². The van der Waals surface area contributed by atoms with Gasteiger partial charge in [0.25, 0.3) is 0 Å². The van der Waals surface area contributed by atoms with Gasteiger partial charge in [0, 0.05) is 35.3 Å². The van der Waals surface area contributed by atoms with Gasteiger partial charge in [-0.3, -0.25) is 15.0 Å². The molecule has 68 heavy (non-hydrogen) atoms. The van der Waals surface area contributed by atoms with Crippen LogP contribution in [0.15, 0.2) is 249 Å². The molecule has 3 heteroatoms. The van der Waals surface area contributed by atoms with E-state index in [0.29, 0.717) is 0 Å². The van der Waals surface area contributed by atoms with Crippen molar-refractivity contribution in [2.75, 3.05) is 0 Å². The van der Waals surface area contributed by atoms with E-state index in [1.165, 1.54) is 72.0 Å². The third-order valence-corrected chi connectivity index (χ3v) is 13.1. The first-order valence-corrected chi connectivity index (χ1v) is 23.5. The van der Waals surface area contributed by atoms with E-state index in [4.69, 9.17) is 4.98 Å². The van der Waals surface area contributed by atoms with Crippen molar-refractivity contribution in [2.45, 2.75) is 25.7 Å². The standard InChI is InChI=1S/C65H49N3/c1-2-10-50(11-3-1)55-32-33-57-44-58(35-34-56(57)43-55)59-36-39-68-65(45-59)54-30-28-51(29-31-54)61-12-4-5-13-62(61)60-41-48(18-16-46-20-24-52(25-21-46)63-14-6-8-37-66-63)40-49(42-60)19-17-47-22-26-53(27-23-47)64-15-7-9-38-67-64/h1-15,20-45H,16-19H2. The molecule has 11 aromatic rings. The van der Waals surface area contributed by atoms with E-state index in [2.05, 4.69) is 216 Å². The van der Waals surface area contributed by atoms with E-state index < -0.39 is 0 Å². The minimum absolute atomic E-state index is 0.944. The van der Waals surface area contributed by atoms with Crippen LogP contribution in [0.2, 0.25) is 0 Å². The highest BCUT2D eigenvalue weighted by atomic mass is 14.7. The highest BCUT2D eigenvalue weighted by Gasteiger charge is 2.13. The summed E-state index contributed by atoms with van der Waals surface area (Å²) in [6, 6.07) is 83.2. The summed E-state index contributed by atoms with van der Waals surface area (Å²) in [4.78, 5) is 13.9. The van der Waals surface area contributed by atoms with Crippen LogP contribution in [-0.2, 0) is 25.7 Å². The van der Waals surface area contributed by atoms with Crippen LogP contribution in [0.1, 0.15) is 22.3 Å². The SMILES string of the molecule is c1ccc(-c2ccc3cc(-c4ccnc(-c5ccc(-c6ccccc6-c6cc(CCc7ccc(-c8ccccn8)cc7)cc(CCc7ccc(-c8ccccn8)cc7)c6)cc5)c4)ccc3c2)cc1. The Bertz CT molecular complexity index is 3350. The van der Waals surface area contributed by atoms with E-state index in [9.17, 15) is 0 Å². The normalized spacial score (nSPS) is 11.2. The molecule has 0 spiro atoms. The van der Waals surface area contributed by atoms with Gasteiger partial charge in [-0.15, -0.1) is 0 Å². The van der Waals surface area contributed by atoms with Gasteiger partial charge in [-0.2, -0.15) is 0 Å². The van der Waals surface area contributed by atoms with E-state index >= 15 is 0 Å². The van der Waals surface area contributed by atoms with Gasteiger partial charge in [0.2, 0.25) is 0 Å². The Balaban J connectivity index is 0.855. The molecule has 324 valence electrons. The Hall–Kier alpha value is -8.53. The van der Waals surface area contributed by atoms with Crippen LogP contribution in [0.5, 0.6) is 0 Å². The molecule has 0 saturated heterocycles. The number of benzene rings is 8. The fourth-order valence-corrected chi connectivity index (χ4v) is 9.35. The average molecular weight is 872 g/mol. The molecular weight excluding hydrogens is 823 g/mol. The van der Waals surface area contributed by atoms with Crippen LogP contribution >= 0.6 is 0 Å². The first-order chi connectivity index (χ1) is 33.6. The zero-order valence-corrected chi connectivity index (χ0v) is 37.8. The van der Waals surface area contributed by atoms with E-state index in [0.717, 1.165) is 65.0 Å². The molecule has 0 N–H and O–H groups in total. The number of hydrogen-bond acceptors (Lipinski definition) is 3. The molecule has 3 nitrogen and oxygen atoms in total. The Kier molecular flexibility index (Phi) is 12.1. The molecule has 0 fully saturated rings. The third-order valence-electron chi connectivity index (χ3n) is 13.1. The summed E-state index contributed by atoms with van der Waals surface area (Å²) in [6.07, 6.45) is 9.42. The maximum atomic E-state index is 4.84. The van der Waals surface area contributed by atoms with Gasteiger partial charge in [0.15, 0.2) is 0 Å². The van der Waals surface area contributed by atoms with Crippen molar-refractivity contribution in [2.24, 2.45) is 0 Å². The number of nitrogens with zero attached hydrogens (tertiary/aromatic N) is 3. The van der Waals surface area contributed by atoms with Crippen LogP contribution in [-0.4, -0.2) is 15.0 Å². The van der Waals surface area contributed by atoms with Gasteiger partial charge >= 0.3 is 0 Å². The summed E-state index contributed by atoms with van der Waals surface area (Å²) < 4.78 is 0. The molecule has 0 amide bonds. The van der Waals surface area contributed by atoms with Crippen LogP contribution in [0.3, 0.4) is 0 Å². The van der Waals surface area contributed by atoms with E-state index in [1.54, 1.807) is 0 Å². The molecular formula is C65H49N3. The van der Waals surface area contributed by atoms with Crippen molar-refractivity contribution in [3.05, 3.63) is 271 Å². The topological polar surface area (TPSA) is 38.7 Å². The van der Waals surface area contributed by atoms with Gasteiger partial charge in [0.1, 0.15) is 0 Å². The third kappa shape index (κ3) is 9.56. The first-order valence-electron chi connectivity index (χ1n) is 23.5. The predicted molar refractivity (Wildman–Crippen MR) is 283 cm³/mol. The minimum Gasteiger partial charge on any atom is -0.256 e. The summed E-state index contributed by atoms with van der Waals surface area (Å²) in [6.45, 7) is 0. The van der Waals surface area contributed by atoms with Crippen molar-refractivity contribution < 1.29 is 0 Å². The van der Waals surface area contributed by atoms with Crippen molar-refractivity contribution in [1.29, 1.82) is 0 Å². The van der Waals surface area contributed by atoms with Crippen molar-refractivity contribution in [3.8, 4) is 78.3 Å². The number of hydrogen-bond donors (Lipinski definition) is 0.